The smallest absolute Gasteiger partial charge is 0.422 e. The molecule has 0 radical (unpaired) electrons. The maximum Gasteiger partial charge on any atom is 0.422 e. The van der Waals surface area contributed by atoms with Crippen molar-refractivity contribution >= 4 is 5.91 Å². The second-order valence-corrected chi connectivity index (χ2v) is 7.81. The first-order chi connectivity index (χ1) is 12.0. The van der Waals surface area contributed by atoms with Crippen molar-refractivity contribution in [1.29, 1.82) is 0 Å². The normalized spacial score (nSPS) is 26.3. The fraction of sp³-hybridized carbons (Fsp3) is 0.667. The fourth-order valence-corrected chi connectivity index (χ4v) is 4.31. The molecule has 1 aliphatic carbocycles. The van der Waals surface area contributed by atoms with E-state index in [4.69, 9.17) is 5.73 Å². The number of fused-ring (bicyclic) bond motifs is 1. The van der Waals surface area contributed by atoms with Gasteiger partial charge in [-0.15, -0.1) is 0 Å². The molecular weight excluding hydrogens is 347 g/mol. The molecule has 2 heterocycles. The molecule has 144 valence electrons. The van der Waals surface area contributed by atoms with Gasteiger partial charge in [0, 0.05) is 18.2 Å². The van der Waals surface area contributed by atoms with Gasteiger partial charge in [-0.3, -0.25) is 4.79 Å². The molecule has 1 fully saturated rings. The Hall–Kier alpha value is -1.83. The molecule has 2 atom stereocenters. The van der Waals surface area contributed by atoms with E-state index < -0.39 is 17.2 Å². The van der Waals surface area contributed by atoms with E-state index >= 15 is 0 Å². The molecule has 2 aliphatic rings. The summed E-state index contributed by atoms with van der Waals surface area (Å²) in [5.41, 5.74) is 5.07. The molecule has 0 spiro atoms. The van der Waals surface area contributed by atoms with Gasteiger partial charge < -0.3 is 15.8 Å². The number of nitrogens with two attached hydrogens (primary N) is 1. The van der Waals surface area contributed by atoms with E-state index in [0.717, 1.165) is 12.5 Å². The number of nitrogens with zero attached hydrogens (tertiary/aromatic N) is 2. The molecule has 0 saturated heterocycles. The quantitative estimate of drug-likeness (QED) is 0.641. The third kappa shape index (κ3) is 3.15. The number of amides is 1. The highest BCUT2D eigenvalue weighted by Gasteiger charge is 2.49. The molecule has 3 rings (SSSR count). The van der Waals surface area contributed by atoms with Gasteiger partial charge in [-0.1, -0.05) is 13.8 Å². The maximum atomic E-state index is 13.2. The fourth-order valence-electron chi connectivity index (χ4n) is 4.31. The first-order valence-electron chi connectivity index (χ1n) is 8.91. The number of hydrogen-bond donors (Lipinski definition) is 1. The van der Waals surface area contributed by atoms with Crippen LogP contribution in [0.25, 0.3) is 0 Å². The van der Waals surface area contributed by atoms with Gasteiger partial charge in [-0.05, 0) is 31.2 Å². The van der Waals surface area contributed by atoms with Gasteiger partial charge in [0.1, 0.15) is 5.56 Å². The molecule has 1 aromatic rings. The van der Waals surface area contributed by atoms with E-state index in [-0.39, 0.29) is 36.4 Å². The molecule has 1 amide bonds. The van der Waals surface area contributed by atoms with Crippen molar-refractivity contribution < 1.29 is 22.7 Å². The Balaban J connectivity index is 1.90. The third-order valence-corrected chi connectivity index (χ3v) is 5.94. The minimum Gasteiger partial charge on any atom is -0.618 e. The number of hydrogen-bond acceptors (Lipinski definition) is 3. The summed E-state index contributed by atoms with van der Waals surface area (Å²) < 4.78 is 39.3. The van der Waals surface area contributed by atoms with E-state index in [9.17, 15) is 23.2 Å². The predicted octanol–water partition coefficient (Wildman–Crippen LogP) is 2.38. The molecule has 1 aliphatic heterocycles. The summed E-state index contributed by atoms with van der Waals surface area (Å²) in [5, 5.41) is 12.0. The predicted molar refractivity (Wildman–Crippen MR) is 88.6 cm³/mol. The van der Waals surface area contributed by atoms with Crippen LogP contribution in [-0.2, 0) is 23.9 Å². The van der Waals surface area contributed by atoms with Crippen molar-refractivity contribution in [2.24, 2.45) is 17.1 Å². The first kappa shape index (κ1) is 18.9. The number of halogens is 3. The molecule has 1 aromatic heterocycles. The minimum atomic E-state index is -4.59. The summed E-state index contributed by atoms with van der Waals surface area (Å²) in [6.07, 6.45) is -1.71. The highest BCUT2D eigenvalue weighted by atomic mass is 19.4. The monoisotopic (exact) mass is 371 g/mol. The number of aromatic nitrogens is 1. The van der Waals surface area contributed by atoms with Crippen LogP contribution in [-0.4, -0.2) is 23.4 Å². The lowest BCUT2D eigenvalue weighted by Gasteiger charge is -2.39. The topological polar surface area (TPSA) is 73.3 Å². The van der Waals surface area contributed by atoms with Crippen molar-refractivity contribution in [2.45, 2.75) is 58.3 Å². The molecule has 1 saturated carbocycles. The van der Waals surface area contributed by atoms with Gasteiger partial charge in [-0.2, -0.15) is 17.9 Å². The highest BCUT2D eigenvalue weighted by Crippen LogP contribution is 2.45. The van der Waals surface area contributed by atoms with Crippen molar-refractivity contribution in [3.63, 3.8) is 0 Å². The summed E-state index contributed by atoms with van der Waals surface area (Å²) in [6.45, 7) is 4.34. The van der Waals surface area contributed by atoms with Crippen LogP contribution in [0.1, 0.15) is 49.9 Å². The Morgan fingerprint density at radius 1 is 1.46 bits per heavy atom. The number of pyridine rings is 1. The van der Waals surface area contributed by atoms with Crippen LogP contribution >= 0.6 is 0 Å². The largest absolute Gasteiger partial charge is 0.618 e. The number of carbonyl (C=O) groups excluding carboxylic acids is 1. The number of rotatable bonds is 2. The molecule has 2 unspecified atom stereocenters. The Morgan fingerprint density at radius 2 is 2.15 bits per heavy atom. The molecule has 8 heteroatoms. The molecular formula is C18H24F3N3O2. The lowest BCUT2D eigenvalue weighted by molar-refractivity contribution is -0.616. The van der Waals surface area contributed by atoms with Crippen LogP contribution < -0.4 is 10.5 Å². The Bertz CT molecular complexity index is 720. The van der Waals surface area contributed by atoms with Gasteiger partial charge in [-0.25, -0.2) is 0 Å². The molecule has 26 heavy (non-hydrogen) atoms. The van der Waals surface area contributed by atoms with Gasteiger partial charge in [0.25, 0.3) is 0 Å². The molecule has 0 bridgehead atoms. The lowest BCUT2D eigenvalue weighted by Crippen LogP contribution is -2.50. The van der Waals surface area contributed by atoms with E-state index in [2.05, 4.69) is 0 Å². The SMILES string of the molecule is CC(C)C1(C(=O)N2CCc3c(cc(C(F)(F)F)c[n+]3[O-])C2)CCC(N)C1. The first-order valence-corrected chi connectivity index (χ1v) is 8.91. The number of carbonyl (C=O) groups is 1. The maximum absolute atomic E-state index is 13.2. The molecule has 2 N–H and O–H groups in total. The summed E-state index contributed by atoms with van der Waals surface area (Å²) >= 11 is 0. The Kier molecular flexibility index (Phi) is 4.67. The van der Waals surface area contributed by atoms with Crippen LogP contribution in [0.4, 0.5) is 13.2 Å². The zero-order valence-corrected chi connectivity index (χ0v) is 15.0. The van der Waals surface area contributed by atoms with Crippen molar-refractivity contribution in [2.75, 3.05) is 6.54 Å². The average molecular weight is 371 g/mol. The van der Waals surface area contributed by atoms with Gasteiger partial charge in [0.05, 0.1) is 18.4 Å². The van der Waals surface area contributed by atoms with Gasteiger partial charge in [0.2, 0.25) is 5.91 Å². The highest BCUT2D eigenvalue weighted by molar-refractivity contribution is 5.83. The zero-order valence-electron chi connectivity index (χ0n) is 15.0. The van der Waals surface area contributed by atoms with Crippen LogP contribution in [0.5, 0.6) is 0 Å². The van der Waals surface area contributed by atoms with Crippen molar-refractivity contribution in [3.8, 4) is 0 Å². The van der Waals surface area contributed by atoms with Crippen molar-refractivity contribution in [3.05, 3.63) is 34.3 Å². The standard InChI is InChI=1S/C18H24F3N3O2/c1-11(2)17(5-3-14(22)8-17)16(25)23-6-4-15-12(9-23)7-13(10-24(15)26)18(19,20)21/h7,10-11,14H,3-6,8-9,22H2,1-2H3. The zero-order chi connectivity index (χ0) is 19.3. The van der Waals surface area contributed by atoms with Gasteiger partial charge in [0.15, 0.2) is 11.9 Å². The Labute approximate surface area is 150 Å². The van der Waals surface area contributed by atoms with E-state index in [1.807, 2.05) is 13.8 Å². The van der Waals surface area contributed by atoms with E-state index in [1.165, 1.54) is 0 Å². The van der Waals surface area contributed by atoms with Crippen molar-refractivity contribution in [1.82, 2.24) is 4.90 Å². The van der Waals surface area contributed by atoms with Crippen LogP contribution in [0.3, 0.4) is 0 Å². The van der Waals surface area contributed by atoms with Crippen LogP contribution in [0, 0.1) is 16.5 Å². The second kappa shape index (κ2) is 6.40. The summed E-state index contributed by atoms with van der Waals surface area (Å²) in [4.78, 5) is 14.8. The van der Waals surface area contributed by atoms with E-state index in [1.54, 1.807) is 4.90 Å². The third-order valence-electron chi connectivity index (χ3n) is 5.94. The molecule has 0 aromatic carbocycles. The second-order valence-electron chi connectivity index (χ2n) is 7.81. The number of alkyl halides is 3. The summed E-state index contributed by atoms with van der Waals surface area (Å²) in [6, 6.07) is 0.963. The van der Waals surface area contributed by atoms with Crippen LogP contribution in [0.2, 0.25) is 0 Å². The average Bonchev–Trinajstić information content (AvgIpc) is 2.96. The summed E-state index contributed by atoms with van der Waals surface area (Å²) in [7, 11) is 0. The lowest BCUT2D eigenvalue weighted by atomic mass is 9.74. The summed E-state index contributed by atoms with van der Waals surface area (Å²) in [5.74, 6) is 0.0388. The van der Waals surface area contributed by atoms with E-state index in [0.29, 0.717) is 36.0 Å². The van der Waals surface area contributed by atoms with Crippen LogP contribution in [0.15, 0.2) is 12.3 Å². The van der Waals surface area contributed by atoms with Gasteiger partial charge >= 0.3 is 6.18 Å². The minimum absolute atomic E-state index is 0.0286. The molecule has 5 nitrogen and oxygen atoms in total. The Morgan fingerprint density at radius 3 is 2.69 bits per heavy atom.